The lowest BCUT2D eigenvalue weighted by molar-refractivity contribution is -0.134. The molecule has 2 aromatic rings. The van der Waals surface area contributed by atoms with Crippen molar-refractivity contribution in [3.05, 3.63) is 53.9 Å². The summed E-state index contributed by atoms with van der Waals surface area (Å²) in [6.07, 6.45) is -2.86. The van der Waals surface area contributed by atoms with Crippen LogP contribution in [-0.2, 0) is 16.1 Å². The van der Waals surface area contributed by atoms with Gasteiger partial charge in [-0.05, 0) is 5.56 Å². The maximum Gasteiger partial charge on any atom is 0.289 e. The minimum atomic E-state index is -1.22. The highest BCUT2D eigenvalue weighted by Crippen LogP contribution is 2.24. The standard InChI is InChI=1S/C19H23N3O6/c1-22(11-12-5-3-2-4-6-12)16(23)9-14-17(24)18(25)15(27-14)10-20-19(26)13-7-8-21-28-13/h2-8,14-15,17-18,24-25H,9-11H2,1H3,(H,20,26)/t14-,15+,17?,18+/m0/s1. The van der Waals surface area contributed by atoms with Crippen molar-refractivity contribution in [2.75, 3.05) is 13.6 Å². The van der Waals surface area contributed by atoms with Crippen LogP contribution in [0.3, 0.4) is 0 Å². The maximum absolute atomic E-state index is 12.4. The quantitative estimate of drug-likeness (QED) is 0.606. The predicted molar refractivity (Wildman–Crippen MR) is 97.0 cm³/mol. The van der Waals surface area contributed by atoms with Gasteiger partial charge in [-0.3, -0.25) is 9.59 Å². The Morgan fingerprint density at radius 2 is 1.86 bits per heavy atom. The zero-order chi connectivity index (χ0) is 20.1. The van der Waals surface area contributed by atoms with E-state index in [-0.39, 0.29) is 24.6 Å². The average Bonchev–Trinajstić information content (AvgIpc) is 3.32. The van der Waals surface area contributed by atoms with Gasteiger partial charge < -0.3 is 29.7 Å². The van der Waals surface area contributed by atoms with Gasteiger partial charge in [0.1, 0.15) is 18.3 Å². The third kappa shape index (κ3) is 4.75. The van der Waals surface area contributed by atoms with Crippen molar-refractivity contribution in [1.82, 2.24) is 15.4 Å². The fourth-order valence-electron chi connectivity index (χ4n) is 3.05. The Morgan fingerprint density at radius 1 is 1.14 bits per heavy atom. The summed E-state index contributed by atoms with van der Waals surface area (Å²) < 4.78 is 10.4. The molecule has 2 amide bonds. The van der Waals surface area contributed by atoms with Crippen molar-refractivity contribution in [3.8, 4) is 0 Å². The Hall–Kier alpha value is -2.75. The van der Waals surface area contributed by atoms with Crippen molar-refractivity contribution < 1.29 is 29.1 Å². The number of rotatable bonds is 7. The van der Waals surface area contributed by atoms with E-state index in [0.29, 0.717) is 6.54 Å². The number of aromatic nitrogens is 1. The Labute approximate surface area is 161 Å². The highest BCUT2D eigenvalue weighted by Gasteiger charge is 2.43. The average molecular weight is 389 g/mol. The summed E-state index contributed by atoms with van der Waals surface area (Å²) in [5.74, 6) is -0.696. The van der Waals surface area contributed by atoms with Gasteiger partial charge in [-0.25, -0.2) is 0 Å². The molecule has 150 valence electrons. The summed E-state index contributed by atoms with van der Waals surface area (Å²) in [5.41, 5.74) is 0.985. The molecule has 3 rings (SSSR count). The van der Waals surface area contributed by atoms with Crippen molar-refractivity contribution in [2.24, 2.45) is 0 Å². The summed E-state index contributed by atoms with van der Waals surface area (Å²) in [4.78, 5) is 25.9. The van der Waals surface area contributed by atoms with Crippen molar-refractivity contribution >= 4 is 11.8 Å². The molecule has 1 aromatic carbocycles. The minimum Gasteiger partial charge on any atom is -0.388 e. The molecule has 1 aliphatic heterocycles. The Bertz CT molecular complexity index is 782. The van der Waals surface area contributed by atoms with Crippen LogP contribution < -0.4 is 5.32 Å². The van der Waals surface area contributed by atoms with Crippen LogP contribution in [-0.4, -0.2) is 70.1 Å². The molecule has 1 aromatic heterocycles. The van der Waals surface area contributed by atoms with E-state index < -0.39 is 30.3 Å². The molecule has 9 nitrogen and oxygen atoms in total. The number of nitrogens with zero attached hydrogens (tertiary/aromatic N) is 2. The first kappa shape index (κ1) is 20.0. The van der Waals surface area contributed by atoms with Crippen LogP contribution in [0.2, 0.25) is 0 Å². The van der Waals surface area contributed by atoms with Crippen molar-refractivity contribution in [1.29, 1.82) is 0 Å². The van der Waals surface area contributed by atoms with Gasteiger partial charge in [-0.2, -0.15) is 0 Å². The zero-order valence-corrected chi connectivity index (χ0v) is 15.4. The Kier molecular flexibility index (Phi) is 6.40. The lowest BCUT2D eigenvalue weighted by Gasteiger charge is -2.21. The van der Waals surface area contributed by atoms with E-state index in [1.165, 1.54) is 17.2 Å². The summed E-state index contributed by atoms with van der Waals surface area (Å²) in [6, 6.07) is 10.9. The van der Waals surface area contributed by atoms with Crippen LogP contribution >= 0.6 is 0 Å². The third-order valence-electron chi connectivity index (χ3n) is 4.65. The van der Waals surface area contributed by atoms with Gasteiger partial charge in [0.15, 0.2) is 0 Å². The van der Waals surface area contributed by atoms with Crippen LogP contribution in [0.1, 0.15) is 22.5 Å². The first-order chi connectivity index (χ1) is 13.5. The SMILES string of the molecule is CN(Cc1ccccc1)C(=O)C[C@@H]1O[C@H](CNC(=O)c2ccno2)[C@@H](O)C1O. The molecule has 0 saturated carbocycles. The Balaban J connectivity index is 1.50. The van der Waals surface area contributed by atoms with Crippen molar-refractivity contribution in [3.63, 3.8) is 0 Å². The molecule has 2 heterocycles. The molecule has 0 radical (unpaired) electrons. The number of carbonyl (C=O) groups excluding carboxylic acids is 2. The van der Waals surface area contributed by atoms with E-state index in [1.807, 2.05) is 30.3 Å². The first-order valence-corrected chi connectivity index (χ1v) is 8.94. The number of carbonyl (C=O) groups is 2. The molecule has 0 bridgehead atoms. The van der Waals surface area contributed by atoms with Gasteiger partial charge in [0.05, 0.1) is 18.7 Å². The molecular formula is C19H23N3O6. The van der Waals surface area contributed by atoms with Crippen LogP contribution in [0.5, 0.6) is 0 Å². The van der Waals surface area contributed by atoms with E-state index in [1.54, 1.807) is 7.05 Å². The monoisotopic (exact) mass is 389 g/mol. The smallest absolute Gasteiger partial charge is 0.289 e. The molecule has 28 heavy (non-hydrogen) atoms. The normalized spacial score (nSPS) is 24.1. The number of benzene rings is 1. The summed E-state index contributed by atoms with van der Waals surface area (Å²) in [7, 11) is 1.67. The number of amides is 2. The number of hydrogen-bond acceptors (Lipinski definition) is 7. The summed E-state index contributed by atoms with van der Waals surface area (Å²) in [5, 5.41) is 26.4. The van der Waals surface area contributed by atoms with Gasteiger partial charge in [0.2, 0.25) is 11.7 Å². The van der Waals surface area contributed by atoms with Gasteiger partial charge in [-0.15, -0.1) is 0 Å². The third-order valence-corrected chi connectivity index (χ3v) is 4.65. The number of aliphatic hydroxyl groups is 2. The van der Waals surface area contributed by atoms with E-state index in [0.717, 1.165) is 5.56 Å². The molecule has 1 unspecified atom stereocenters. The second-order valence-corrected chi connectivity index (χ2v) is 6.72. The van der Waals surface area contributed by atoms with Gasteiger partial charge in [-0.1, -0.05) is 35.5 Å². The molecule has 3 N–H and O–H groups in total. The molecular weight excluding hydrogens is 366 g/mol. The van der Waals surface area contributed by atoms with Crippen LogP contribution in [0.4, 0.5) is 0 Å². The summed E-state index contributed by atoms with van der Waals surface area (Å²) >= 11 is 0. The fraction of sp³-hybridized carbons (Fsp3) is 0.421. The zero-order valence-electron chi connectivity index (χ0n) is 15.4. The molecule has 1 saturated heterocycles. The Morgan fingerprint density at radius 3 is 2.54 bits per heavy atom. The van der Waals surface area contributed by atoms with Crippen LogP contribution in [0.25, 0.3) is 0 Å². The number of ether oxygens (including phenoxy) is 1. The molecule has 1 aliphatic rings. The lowest BCUT2D eigenvalue weighted by Crippen LogP contribution is -2.40. The van der Waals surface area contributed by atoms with Gasteiger partial charge in [0.25, 0.3) is 5.91 Å². The highest BCUT2D eigenvalue weighted by atomic mass is 16.5. The minimum absolute atomic E-state index is 0.0299. The number of hydrogen-bond donors (Lipinski definition) is 3. The second-order valence-electron chi connectivity index (χ2n) is 6.72. The van der Waals surface area contributed by atoms with Crippen LogP contribution in [0, 0.1) is 0 Å². The first-order valence-electron chi connectivity index (χ1n) is 8.94. The number of nitrogens with one attached hydrogen (secondary N) is 1. The van der Waals surface area contributed by atoms with Crippen LogP contribution in [0.15, 0.2) is 47.1 Å². The number of aliphatic hydroxyl groups excluding tert-OH is 2. The van der Waals surface area contributed by atoms with E-state index >= 15 is 0 Å². The summed E-state index contributed by atoms with van der Waals surface area (Å²) in [6.45, 7) is 0.393. The van der Waals surface area contributed by atoms with E-state index in [9.17, 15) is 19.8 Å². The molecule has 0 aliphatic carbocycles. The maximum atomic E-state index is 12.4. The topological polar surface area (TPSA) is 125 Å². The molecule has 4 atom stereocenters. The van der Waals surface area contributed by atoms with E-state index in [2.05, 4.69) is 10.5 Å². The van der Waals surface area contributed by atoms with Gasteiger partial charge in [0, 0.05) is 26.2 Å². The fourth-order valence-corrected chi connectivity index (χ4v) is 3.05. The molecule has 9 heteroatoms. The van der Waals surface area contributed by atoms with E-state index in [4.69, 9.17) is 9.26 Å². The molecule has 1 fully saturated rings. The molecule has 0 spiro atoms. The second kappa shape index (κ2) is 8.96. The highest BCUT2D eigenvalue weighted by molar-refractivity contribution is 5.91. The van der Waals surface area contributed by atoms with Crippen molar-refractivity contribution in [2.45, 2.75) is 37.4 Å². The lowest BCUT2D eigenvalue weighted by atomic mass is 10.0. The predicted octanol–water partition coefficient (Wildman–Crippen LogP) is -0.0577. The van der Waals surface area contributed by atoms with Gasteiger partial charge >= 0.3 is 0 Å². The largest absolute Gasteiger partial charge is 0.388 e.